The van der Waals surface area contributed by atoms with E-state index in [9.17, 15) is 61.2 Å². The molecule has 2 aliphatic carbocycles. The number of anilines is 3. The second-order valence-electron chi connectivity index (χ2n) is 29.4. The Morgan fingerprint density at radius 1 is 0.804 bits per heavy atom. The molecule has 2 bridgehead atoms. The molecule has 4 unspecified atom stereocenters. The zero-order chi connectivity index (χ0) is 73.6. The molecular weight excluding hydrogens is 1350 g/mol. The number of aryl methyl sites for hydroxylation is 1. The lowest BCUT2D eigenvalue weighted by Crippen LogP contribution is -2.57. The molecule has 5 heterocycles. The smallest absolute Gasteiger partial charge is 0.408 e. The van der Waals surface area contributed by atoms with E-state index in [-0.39, 0.29) is 78.9 Å². The fourth-order valence-corrected chi connectivity index (χ4v) is 17.1. The number of amides is 9. The van der Waals surface area contributed by atoms with Gasteiger partial charge >= 0.3 is 18.1 Å². The van der Waals surface area contributed by atoms with Gasteiger partial charge in [-0.25, -0.2) is 24.4 Å². The van der Waals surface area contributed by atoms with Gasteiger partial charge in [0.05, 0.1) is 34.3 Å². The number of nitrogens with zero attached hydrogens (tertiary/aromatic N) is 7. The van der Waals surface area contributed by atoms with Crippen molar-refractivity contribution in [3.8, 4) is 22.4 Å². The minimum atomic E-state index is -4.82. The maximum atomic E-state index is 14.0. The molecule has 2 fully saturated rings. The van der Waals surface area contributed by atoms with Gasteiger partial charge in [0.25, 0.3) is 21.9 Å². The monoisotopic (exact) mass is 1440 g/mol. The number of likely N-dealkylation sites (N-methyl/N-ethyl adjacent to an activating group) is 1. The van der Waals surface area contributed by atoms with Gasteiger partial charge in [0.1, 0.15) is 30.5 Å². The van der Waals surface area contributed by atoms with Crippen molar-refractivity contribution in [3.63, 3.8) is 0 Å². The minimum Gasteiger partial charge on any atom is -0.476 e. The van der Waals surface area contributed by atoms with Crippen LogP contribution in [0.4, 0.5) is 26.1 Å². The number of ether oxygens (including phenoxy) is 2. The lowest BCUT2D eigenvalue weighted by molar-refractivity contribution is -0.195. The number of benzene rings is 3. The van der Waals surface area contributed by atoms with E-state index in [1.807, 2.05) is 54.1 Å². The van der Waals surface area contributed by atoms with Crippen molar-refractivity contribution in [1.29, 1.82) is 0 Å². The first-order chi connectivity index (χ1) is 48.2. The van der Waals surface area contributed by atoms with Crippen LogP contribution in [0.25, 0.3) is 32.6 Å². The Hall–Kier alpha value is -9.45. The molecular formula is C73H90N12O15S2. The molecule has 3 aromatic heterocycles. The molecule has 0 saturated heterocycles. The van der Waals surface area contributed by atoms with Crippen LogP contribution in [0.2, 0.25) is 0 Å². The summed E-state index contributed by atoms with van der Waals surface area (Å²) in [7, 11) is -3.37. The molecule has 4 aliphatic rings. The molecule has 29 heteroatoms. The molecule has 6 aromatic rings. The SMILES string of the molecule is Cc1c(-c2ccc(-c3ccc4c(c3)N(C(=O)Nc3nc5ccccc5s3)CCC4)nc2C(=O)O)cnn1CC1(C)CC2(C)CC(C)(C)CC(OCCN(C)C(=O)[C@H](CS(=O)(=O)O)NC(=O)OCc3ccc(NC(=O)[C@H](C)NC(=O)C(NC(=O)CCCCCN4C(=O)C=CC4=O)C(C)C)cc3)(C1)C2. The number of carbonyl (C=O) groups excluding carboxylic acids is 8. The van der Waals surface area contributed by atoms with Crippen LogP contribution in [-0.2, 0) is 67.9 Å². The van der Waals surface area contributed by atoms with E-state index in [0.717, 1.165) is 58.5 Å². The average molecular weight is 1440 g/mol. The zero-order valence-corrected chi connectivity index (χ0v) is 60.6. The van der Waals surface area contributed by atoms with Gasteiger partial charge < -0.3 is 40.7 Å². The predicted molar refractivity (Wildman–Crippen MR) is 384 cm³/mol. The quantitative estimate of drug-likeness (QED) is 0.0136. The van der Waals surface area contributed by atoms with Crippen molar-refractivity contribution >= 4 is 102 Å². The Kier molecular flexibility index (Phi) is 22.9. The molecule has 7 N–H and O–H groups in total. The van der Waals surface area contributed by atoms with Gasteiger partial charge in [-0.15, -0.1) is 0 Å². The summed E-state index contributed by atoms with van der Waals surface area (Å²) in [6.07, 6.45) is 9.97. The summed E-state index contributed by atoms with van der Waals surface area (Å²) in [6, 6.07) is 19.1. The van der Waals surface area contributed by atoms with Crippen LogP contribution in [0, 0.1) is 29.1 Å². The summed E-state index contributed by atoms with van der Waals surface area (Å²) in [5, 5.41) is 29.4. The predicted octanol–water partition coefficient (Wildman–Crippen LogP) is 9.70. The van der Waals surface area contributed by atoms with E-state index >= 15 is 0 Å². The molecule has 3 aromatic carbocycles. The molecule has 2 aliphatic heterocycles. The molecule has 2 saturated carbocycles. The number of fused-ring (bicyclic) bond motifs is 4. The van der Waals surface area contributed by atoms with Crippen LogP contribution < -0.4 is 31.5 Å². The number of aromatic nitrogens is 4. The Morgan fingerprint density at radius 3 is 2.25 bits per heavy atom. The number of rotatable bonds is 28. The molecule has 27 nitrogen and oxygen atoms in total. The molecule has 544 valence electrons. The Bertz CT molecular complexity index is 4310. The normalized spacial score (nSPS) is 20.1. The summed E-state index contributed by atoms with van der Waals surface area (Å²) in [4.78, 5) is 130. The van der Waals surface area contributed by atoms with Crippen LogP contribution in [0.15, 0.2) is 97.2 Å². The number of para-hydroxylation sites is 1. The average Bonchev–Trinajstić information content (AvgIpc) is 0.867. The number of hydrogen-bond donors (Lipinski definition) is 7. The van der Waals surface area contributed by atoms with E-state index in [1.54, 1.807) is 49.2 Å². The number of thiazole rings is 1. The lowest BCUT2D eigenvalue weighted by Gasteiger charge is -2.61. The van der Waals surface area contributed by atoms with Crippen molar-refractivity contribution in [2.24, 2.45) is 22.2 Å². The van der Waals surface area contributed by atoms with E-state index in [0.29, 0.717) is 89.6 Å². The van der Waals surface area contributed by atoms with Crippen molar-refractivity contribution < 1.29 is 70.7 Å². The van der Waals surface area contributed by atoms with E-state index < -0.39 is 74.8 Å². The Labute approximate surface area is 596 Å². The molecule has 0 spiro atoms. The summed E-state index contributed by atoms with van der Waals surface area (Å²) in [5.74, 6) is -5.73. The van der Waals surface area contributed by atoms with Gasteiger partial charge in [0.2, 0.25) is 23.6 Å². The van der Waals surface area contributed by atoms with E-state index in [4.69, 9.17) is 19.6 Å². The second kappa shape index (κ2) is 31.0. The summed E-state index contributed by atoms with van der Waals surface area (Å²) in [6.45, 7) is 16.7. The summed E-state index contributed by atoms with van der Waals surface area (Å²) >= 11 is 1.40. The number of carbonyl (C=O) groups is 9. The Morgan fingerprint density at radius 2 is 1.54 bits per heavy atom. The number of alkyl carbamates (subject to hydrolysis) is 1. The van der Waals surface area contributed by atoms with Crippen LogP contribution in [0.1, 0.15) is 140 Å². The molecule has 9 amide bonds. The van der Waals surface area contributed by atoms with E-state index in [1.165, 1.54) is 54.5 Å². The lowest BCUT2D eigenvalue weighted by atomic mass is 9.48. The first kappa shape index (κ1) is 75.2. The maximum absolute atomic E-state index is 14.0. The summed E-state index contributed by atoms with van der Waals surface area (Å²) < 4.78 is 49.8. The number of urea groups is 1. The van der Waals surface area contributed by atoms with Crippen molar-refractivity contribution in [2.45, 2.75) is 163 Å². The highest BCUT2D eigenvalue weighted by molar-refractivity contribution is 7.85. The molecule has 0 radical (unpaired) electrons. The third kappa shape index (κ3) is 18.6. The standard InChI is InChI=1S/C73H90N12O15S2/c1-44(2)61(80-58(86)19-11-10-14-30-84-59(87)28-29-60(84)88)64(90)75-45(3)63(89)76-50-24-20-47(21-25-50)36-99-69(95)79-55(37-102(96,97)98)65(91)82(9)32-33-100-73-39-70(5,6)38-71(7,41-73)40-72(8,42-73)43-85-46(4)52(35-74-85)51-26-27-53(77-62(51)66(92)93)49-23-22-48-16-15-31-83(56(48)34-49)68(94)81-67-78-54-17-12-13-18-57(54)101-67/h12-13,17-18,20-29,34-35,44-45,55,61H,10-11,14-16,19,30-33,36-43H2,1-9H3,(H,75,90)(H,76,89)(H,79,95)(H,80,86)(H,92,93)(H,78,81,94)(H,96,97,98)/t45-,55-,61?,71?,72?,73?/m0/s1. The van der Waals surface area contributed by atoms with Crippen LogP contribution in [0.3, 0.4) is 0 Å². The zero-order valence-electron chi connectivity index (χ0n) is 58.9. The number of pyridine rings is 1. The van der Waals surface area contributed by atoms with Gasteiger partial charge in [-0.05, 0) is 147 Å². The largest absolute Gasteiger partial charge is 0.476 e. The number of carboxylic acid groups (broad SMARTS) is 1. The molecule has 10 rings (SSSR count). The second-order valence-corrected chi connectivity index (χ2v) is 31.9. The highest BCUT2D eigenvalue weighted by Crippen LogP contribution is 2.63. The van der Waals surface area contributed by atoms with Gasteiger partial charge in [-0.1, -0.05) is 95.7 Å². The number of carboxylic acids is 1. The van der Waals surface area contributed by atoms with Gasteiger partial charge in [0.15, 0.2) is 10.8 Å². The molecule has 6 atom stereocenters. The van der Waals surface area contributed by atoms with Crippen molar-refractivity contribution in [2.75, 3.05) is 54.6 Å². The number of aromatic carboxylic acids is 1. The van der Waals surface area contributed by atoms with Crippen molar-refractivity contribution in [3.05, 3.63) is 120 Å². The number of nitrogens with one attached hydrogen (secondary N) is 5. The first-order valence-electron chi connectivity index (χ1n) is 34.3. The number of hydrogen-bond acceptors (Lipinski definition) is 17. The minimum absolute atomic E-state index is 0.0105. The van der Waals surface area contributed by atoms with E-state index in [2.05, 4.69) is 59.3 Å². The van der Waals surface area contributed by atoms with Crippen molar-refractivity contribution in [1.82, 2.24) is 45.5 Å². The third-order valence-electron chi connectivity index (χ3n) is 19.3. The third-order valence-corrected chi connectivity index (χ3v) is 21.0. The fourth-order valence-electron chi connectivity index (χ4n) is 15.6. The van der Waals surface area contributed by atoms with Crippen LogP contribution in [0.5, 0.6) is 0 Å². The highest BCUT2D eigenvalue weighted by atomic mass is 32.2. The fraction of sp³-hybridized carbons (Fsp3) is 0.479. The number of imide groups is 1. The maximum Gasteiger partial charge on any atom is 0.408 e. The highest BCUT2D eigenvalue weighted by Gasteiger charge is 2.58. The summed E-state index contributed by atoms with van der Waals surface area (Å²) in [5.41, 5.74) is 4.60. The Balaban J connectivity index is 0.715. The number of unbranched alkanes of at least 4 members (excludes halogenated alkanes) is 2. The topological polar surface area (TPSA) is 360 Å². The van der Waals surface area contributed by atoms with Gasteiger partial charge in [-0.3, -0.25) is 53.1 Å². The van der Waals surface area contributed by atoms with Gasteiger partial charge in [-0.2, -0.15) is 13.5 Å². The van der Waals surface area contributed by atoms with Crippen LogP contribution >= 0.6 is 11.3 Å². The van der Waals surface area contributed by atoms with Gasteiger partial charge in [0, 0.05) is 85.6 Å². The van der Waals surface area contributed by atoms with Crippen LogP contribution in [-0.4, -0.2) is 164 Å². The molecule has 102 heavy (non-hydrogen) atoms. The first-order valence-corrected chi connectivity index (χ1v) is 36.7.